The first-order chi connectivity index (χ1) is 17.1. The summed E-state index contributed by atoms with van der Waals surface area (Å²) in [4.78, 5) is 34.3. The minimum Gasteiger partial charge on any atom is -0.462 e. The van der Waals surface area contributed by atoms with Crippen molar-refractivity contribution in [3.8, 4) is 11.1 Å². The Morgan fingerprint density at radius 2 is 1.63 bits per heavy atom. The lowest BCUT2D eigenvalue weighted by Gasteiger charge is -2.14. The molecule has 1 aliphatic rings. The zero-order chi connectivity index (χ0) is 24.2. The van der Waals surface area contributed by atoms with Crippen molar-refractivity contribution in [1.82, 2.24) is 4.98 Å². The molecule has 0 saturated heterocycles. The molecule has 0 bridgehead atoms. The average molecular weight is 462 g/mol. The standard InChI is InChI=1S/C29H23N3O3/c1-2-35-29(34)22-10-13-24-25(18-22)32-28(33)26(24)27(21-6-4-3-5-7-21)31-23-11-8-19(9-12-23)20-14-16-30-17-15-20/h3-18,26H,2H2,1H3,(H,32,33). The smallest absolute Gasteiger partial charge is 0.338 e. The summed E-state index contributed by atoms with van der Waals surface area (Å²) in [5.74, 6) is -1.21. The second kappa shape index (κ2) is 9.73. The van der Waals surface area contributed by atoms with Crippen LogP contribution in [0.1, 0.15) is 34.3 Å². The molecule has 2 heterocycles. The number of esters is 1. The number of rotatable bonds is 6. The van der Waals surface area contributed by atoms with Crippen LogP contribution in [-0.2, 0) is 9.53 Å². The van der Waals surface area contributed by atoms with Crippen LogP contribution >= 0.6 is 0 Å². The number of aromatic nitrogens is 1. The fraction of sp³-hybridized carbons (Fsp3) is 0.103. The van der Waals surface area contributed by atoms with Gasteiger partial charge in [0.15, 0.2) is 0 Å². The van der Waals surface area contributed by atoms with E-state index in [2.05, 4.69) is 10.3 Å². The number of carbonyl (C=O) groups excluding carboxylic acids is 2. The average Bonchev–Trinajstić information content (AvgIpc) is 3.23. The van der Waals surface area contributed by atoms with Crippen molar-refractivity contribution in [2.24, 2.45) is 4.99 Å². The van der Waals surface area contributed by atoms with Crippen LogP contribution in [0.5, 0.6) is 0 Å². The highest BCUT2D eigenvalue weighted by atomic mass is 16.5. The third-order valence-electron chi connectivity index (χ3n) is 5.87. The number of pyridine rings is 1. The number of nitrogens with one attached hydrogen (secondary N) is 1. The van der Waals surface area contributed by atoms with Gasteiger partial charge in [0.1, 0.15) is 5.92 Å². The molecular formula is C29H23N3O3. The molecular weight excluding hydrogens is 438 g/mol. The van der Waals surface area contributed by atoms with Gasteiger partial charge in [0.05, 0.1) is 23.6 Å². The second-order valence-electron chi connectivity index (χ2n) is 8.09. The molecule has 0 spiro atoms. The van der Waals surface area contributed by atoms with Crippen LogP contribution < -0.4 is 5.32 Å². The van der Waals surface area contributed by atoms with Crippen molar-refractivity contribution in [3.05, 3.63) is 114 Å². The third-order valence-corrected chi connectivity index (χ3v) is 5.87. The topological polar surface area (TPSA) is 80.6 Å². The number of nitrogens with zero attached hydrogens (tertiary/aromatic N) is 2. The molecule has 1 aliphatic heterocycles. The lowest BCUT2D eigenvalue weighted by Crippen LogP contribution is -2.21. The number of anilines is 1. The van der Waals surface area contributed by atoms with Crippen LogP contribution in [0.15, 0.2) is 102 Å². The monoisotopic (exact) mass is 461 g/mol. The lowest BCUT2D eigenvalue weighted by atomic mass is 9.90. The maximum atomic E-state index is 13.2. The highest BCUT2D eigenvalue weighted by Crippen LogP contribution is 2.37. The van der Waals surface area contributed by atoms with E-state index in [1.54, 1.807) is 37.5 Å². The Labute approximate surface area is 203 Å². The summed E-state index contributed by atoms with van der Waals surface area (Å²) >= 11 is 0. The minimum absolute atomic E-state index is 0.183. The molecule has 6 heteroatoms. The summed E-state index contributed by atoms with van der Waals surface area (Å²) in [7, 11) is 0. The van der Waals surface area contributed by atoms with Crippen molar-refractivity contribution in [2.75, 3.05) is 11.9 Å². The van der Waals surface area contributed by atoms with E-state index in [9.17, 15) is 9.59 Å². The SMILES string of the molecule is CCOC(=O)c1ccc2c(c1)NC(=O)C2C(=Nc1ccc(-c2ccncc2)cc1)c1ccccc1. The molecule has 1 amide bonds. The van der Waals surface area contributed by atoms with Crippen molar-refractivity contribution in [1.29, 1.82) is 0 Å². The van der Waals surface area contributed by atoms with Crippen molar-refractivity contribution in [2.45, 2.75) is 12.8 Å². The fourth-order valence-corrected chi connectivity index (χ4v) is 4.19. The van der Waals surface area contributed by atoms with Gasteiger partial charge in [-0.15, -0.1) is 0 Å². The summed E-state index contributed by atoms with van der Waals surface area (Å²) in [6.07, 6.45) is 3.52. The van der Waals surface area contributed by atoms with Gasteiger partial charge in [0.2, 0.25) is 5.91 Å². The van der Waals surface area contributed by atoms with Crippen LogP contribution in [-0.4, -0.2) is 29.2 Å². The number of benzene rings is 3. The number of hydrogen-bond acceptors (Lipinski definition) is 5. The van der Waals surface area contributed by atoms with Gasteiger partial charge in [0, 0.05) is 18.1 Å². The Morgan fingerprint density at radius 1 is 0.914 bits per heavy atom. The summed E-state index contributed by atoms with van der Waals surface area (Å²) < 4.78 is 5.10. The van der Waals surface area contributed by atoms with Gasteiger partial charge in [-0.3, -0.25) is 14.8 Å². The summed E-state index contributed by atoms with van der Waals surface area (Å²) in [6.45, 7) is 2.05. The summed E-state index contributed by atoms with van der Waals surface area (Å²) in [5, 5.41) is 2.92. The maximum Gasteiger partial charge on any atom is 0.338 e. The minimum atomic E-state index is -0.608. The number of aliphatic imine (C=N–C) groups is 1. The Bertz CT molecular complexity index is 1400. The molecule has 5 rings (SSSR count). The van der Waals surface area contributed by atoms with Crippen LogP contribution in [0.25, 0.3) is 11.1 Å². The van der Waals surface area contributed by atoms with Crippen molar-refractivity contribution < 1.29 is 14.3 Å². The molecule has 1 aromatic heterocycles. The quantitative estimate of drug-likeness (QED) is 0.291. The predicted molar refractivity (Wildman–Crippen MR) is 136 cm³/mol. The van der Waals surface area contributed by atoms with Gasteiger partial charge in [-0.2, -0.15) is 0 Å². The molecule has 0 fully saturated rings. The van der Waals surface area contributed by atoms with E-state index in [-0.39, 0.29) is 12.5 Å². The second-order valence-corrected chi connectivity index (χ2v) is 8.09. The van der Waals surface area contributed by atoms with Crippen molar-refractivity contribution in [3.63, 3.8) is 0 Å². The summed E-state index contributed by atoms with van der Waals surface area (Å²) in [5.41, 5.74) is 6.14. The molecule has 4 aromatic rings. The number of fused-ring (bicyclic) bond motifs is 1. The molecule has 6 nitrogen and oxygen atoms in total. The van der Waals surface area contributed by atoms with Gasteiger partial charge < -0.3 is 10.1 Å². The van der Waals surface area contributed by atoms with Crippen LogP contribution in [0.2, 0.25) is 0 Å². The van der Waals surface area contributed by atoms with E-state index in [1.807, 2.05) is 66.7 Å². The Hall–Kier alpha value is -4.58. The summed E-state index contributed by atoms with van der Waals surface area (Å²) in [6, 6.07) is 26.6. The molecule has 35 heavy (non-hydrogen) atoms. The van der Waals surface area contributed by atoms with Gasteiger partial charge in [0.25, 0.3) is 0 Å². The highest BCUT2D eigenvalue weighted by Gasteiger charge is 2.36. The molecule has 3 aromatic carbocycles. The zero-order valence-electron chi connectivity index (χ0n) is 19.1. The predicted octanol–water partition coefficient (Wildman–Crippen LogP) is 5.78. The number of hydrogen-bond donors (Lipinski definition) is 1. The van der Waals surface area contributed by atoms with Gasteiger partial charge in [-0.05, 0) is 65.6 Å². The van der Waals surface area contributed by atoms with Crippen LogP contribution in [0.3, 0.4) is 0 Å². The van der Waals surface area contributed by atoms with Gasteiger partial charge in [-0.1, -0.05) is 48.5 Å². The first kappa shape index (κ1) is 22.2. The maximum absolute atomic E-state index is 13.2. The number of carbonyl (C=O) groups is 2. The van der Waals surface area contributed by atoms with Crippen LogP contribution in [0.4, 0.5) is 11.4 Å². The number of ether oxygens (including phenoxy) is 1. The largest absolute Gasteiger partial charge is 0.462 e. The van der Waals surface area contributed by atoms with E-state index in [0.29, 0.717) is 17.0 Å². The van der Waals surface area contributed by atoms with Crippen LogP contribution in [0, 0.1) is 0 Å². The Morgan fingerprint density at radius 3 is 2.34 bits per heavy atom. The van der Waals surface area contributed by atoms with Gasteiger partial charge >= 0.3 is 5.97 Å². The third kappa shape index (κ3) is 4.59. The van der Waals surface area contributed by atoms with E-state index >= 15 is 0 Å². The first-order valence-electron chi connectivity index (χ1n) is 11.4. The lowest BCUT2D eigenvalue weighted by molar-refractivity contribution is -0.115. The first-order valence-corrected chi connectivity index (χ1v) is 11.4. The van der Waals surface area contributed by atoms with E-state index < -0.39 is 11.9 Å². The molecule has 1 unspecified atom stereocenters. The van der Waals surface area contributed by atoms with E-state index in [1.165, 1.54) is 0 Å². The molecule has 0 saturated carbocycles. The zero-order valence-corrected chi connectivity index (χ0v) is 19.1. The molecule has 0 aliphatic carbocycles. The highest BCUT2D eigenvalue weighted by molar-refractivity contribution is 6.24. The molecule has 1 atom stereocenters. The molecule has 172 valence electrons. The Balaban J connectivity index is 1.55. The van der Waals surface area contributed by atoms with Gasteiger partial charge in [-0.25, -0.2) is 4.79 Å². The Kier molecular flexibility index (Phi) is 6.18. The van der Waals surface area contributed by atoms with E-state index in [0.717, 1.165) is 27.9 Å². The fourth-order valence-electron chi connectivity index (χ4n) is 4.19. The molecule has 1 N–H and O–H groups in total. The number of amides is 1. The molecule has 0 radical (unpaired) electrons. The van der Waals surface area contributed by atoms with Crippen molar-refractivity contribution >= 4 is 29.0 Å². The normalized spacial score (nSPS) is 14.8. The van der Waals surface area contributed by atoms with E-state index in [4.69, 9.17) is 9.73 Å².